The second-order valence-corrected chi connectivity index (χ2v) is 7.14. The minimum Gasteiger partial charge on any atom is -0.379 e. The summed E-state index contributed by atoms with van der Waals surface area (Å²) >= 11 is 0. The lowest BCUT2D eigenvalue weighted by molar-refractivity contribution is 0.0167. The molecule has 3 rings (SSSR count). The molecule has 5 heteroatoms. The summed E-state index contributed by atoms with van der Waals surface area (Å²) in [5.74, 6) is -0.0216. The van der Waals surface area contributed by atoms with Crippen LogP contribution in [0.3, 0.4) is 0 Å². The lowest BCUT2D eigenvalue weighted by atomic mass is 10.0. The molecule has 1 N–H and O–H groups in total. The number of benzene rings is 2. The average Bonchev–Trinajstić information content (AvgIpc) is 2.72. The van der Waals surface area contributed by atoms with Gasteiger partial charge in [-0.05, 0) is 36.2 Å². The fraction of sp³-hybridized carbons (Fsp3) is 0.409. The Morgan fingerprint density at radius 1 is 1.07 bits per heavy atom. The highest BCUT2D eigenvalue weighted by Crippen LogP contribution is 2.13. The average molecular weight is 367 g/mol. The van der Waals surface area contributed by atoms with Crippen LogP contribution in [-0.2, 0) is 11.2 Å². The van der Waals surface area contributed by atoms with Crippen LogP contribution in [0.4, 0.5) is 5.69 Å². The molecule has 0 radical (unpaired) electrons. The molecule has 0 spiro atoms. The molecule has 1 saturated heterocycles. The maximum Gasteiger partial charge on any atom is 0.251 e. The molecule has 0 saturated carbocycles. The van der Waals surface area contributed by atoms with Crippen molar-refractivity contribution in [3.8, 4) is 0 Å². The fourth-order valence-corrected chi connectivity index (χ4v) is 3.38. The topological polar surface area (TPSA) is 44.8 Å². The van der Waals surface area contributed by atoms with Gasteiger partial charge in [0.25, 0.3) is 5.91 Å². The van der Waals surface area contributed by atoms with Crippen molar-refractivity contribution in [2.45, 2.75) is 12.5 Å². The van der Waals surface area contributed by atoms with E-state index in [0.29, 0.717) is 12.1 Å². The molecule has 1 aliphatic rings. The third kappa shape index (κ3) is 5.55. The van der Waals surface area contributed by atoms with E-state index in [1.807, 2.05) is 49.3 Å². The predicted molar refractivity (Wildman–Crippen MR) is 109 cm³/mol. The Morgan fingerprint density at radius 2 is 1.74 bits per heavy atom. The monoisotopic (exact) mass is 367 g/mol. The van der Waals surface area contributed by atoms with Crippen molar-refractivity contribution in [1.29, 1.82) is 0 Å². The third-order valence-corrected chi connectivity index (χ3v) is 5.02. The van der Waals surface area contributed by atoms with Crippen LogP contribution in [-0.4, -0.2) is 63.8 Å². The van der Waals surface area contributed by atoms with Gasteiger partial charge in [0.15, 0.2) is 0 Å². The number of ether oxygens (including phenoxy) is 1. The first-order valence-electron chi connectivity index (χ1n) is 9.55. The molecule has 1 amide bonds. The quantitative estimate of drug-likeness (QED) is 0.816. The number of nitrogens with one attached hydrogen (secondary N) is 1. The first kappa shape index (κ1) is 19.4. The van der Waals surface area contributed by atoms with Crippen LogP contribution in [0.1, 0.15) is 15.9 Å². The largest absolute Gasteiger partial charge is 0.379 e. The maximum absolute atomic E-state index is 12.6. The molecule has 2 aromatic carbocycles. The number of amides is 1. The number of carbonyl (C=O) groups is 1. The van der Waals surface area contributed by atoms with E-state index < -0.39 is 0 Å². The summed E-state index contributed by atoms with van der Waals surface area (Å²) < 4.78 is 5.49. The van der Waals surface area contributed by atoms with E-state index in [1.54, 1.807) is 0 Å². The van der Waals surface area contributed by atoms with Crippen molar-refractivity contribution < 1.29 is 9.53 Å². The van der Waals surface area contributed by atoms with Crippen LogP contribution in [0.15, 0.2) is 54.6 Å². The molecule has 27 heavy (non-hydrogen) atoms. The van der Waals surface area contributed by atoms with E-state index >= 15 is 0 Å². The van der Waals surface area contributed by atoms with E-state index in [4.69, 9.17) is 4.74 Å². The van der Waals surface area contributed by atoms with Gasteiger partial charge < -0.3 is 15.0 Å². The Balaban J connectivity index is 1.63. The molecule has 1 heterocycles. The van der Waals surface area contributed by atoms with E-state index in [1.165, 1.54) is 5.56 Å². The Bertz CT molecular complexity index is 710. The van der Waals surface area contributed by atoms with Gasteiger partial charge in [-0.15, -0.1) is 0 Å². The summed E-state index contributed by atoms with van der Waals surface area (Å²) in [7, 11) is 3.98. The summed E-state index contributed by atoms with van der Waals surface area (Å²) in [6.07, 6.45) is 0.917. The van der Waals surface area contributed by atoms with Gasteiger partial charge >= 0.3 is 0 Å². The zero-order valence-corrected chi connectivity index (χ0v) is 16.2. The first-order valence-corrected chi connectivity index (χ1v) is 9.55. The number of hydrogen-bond acceptors (Lipinski definition) is 4. The summed E-state index contributed by atoms with van der Waals surface area (Å²) in [5.41, 5.74) is 3.07. The fourth-order valence-electron chi connectivity index (χ4n) is 3.38. The molecule has 0 bridgehead atoms. The Morgan fingerprint density at radius 3 is 2.37 bits per heavy atom. The first-order chi connectivity index (χ1) is 13.1. The van der Waals surface area contributed by atoms with Gasteiger partial charge in [-0.1, -0.05) is 30.3 Å². The standard InChI is InChI=1S/C22H29N3O2/c1-24(2)20-10-8-19(9-11-20)22(26)23-17-21(25-12-14-27-15-13-25)16-18-6-4-3-5-7-18/h3-11,21H,12-17H2,1-2H3,(H,23,26). The summed E-state index contributed by atoms with van der Waals surface area (Å²) in [5, 5.41) is 3.13. The minimum absolute atomic E-state index is 0.0216. The zero-order chi connectivity index (χ0) is 19.1. The molecular formula is C22H29N3O2. The Hall–Kier alpha value is -2.37. The van der Waals surface area contributed by atoms with Crippen molar-refractivity contribution in [2.75, 3.05) is 51.8 Å². The number of rotatable bonds is 7. The van der Waals surface area contributed by atoms with Crippen LogP contribution in [0.5, 0.6) is 0 Å². The molecule has 1 atom stereocenters. The van der Waals surface area contributed by atoms with Crippen molar-refractivity contribution in [3.05, 3.63) is 65.7 Å². The van der Waals surface area contributed by atoms with Gasteiger partial charge in [0.1, 0.15) is 0 Å². The van der Waals surface area contributed by atoms with Crippen LogP contribution >= 0.6 is 0 Å². The van der Waals surface area contributed by atoms with Crippen LogP contribution in [0, 0.1) is 0 Å². The molecule has 0 aliphatic carbocycles. The molecule has 0 aromatic heterocycles. The van der Waals surface area contributed by atoms with Crippen molar-refractivity contribution in [2.24, 2.45) is 0 Å². The van der Waals surface area contributed by atoms with Gasteiger partial charge in [-0.25, -0.2) is 0 Å². The van der Waals surface area contributed by atoms with Crippen molar-refractivity contribution in [1.82, 2.24) is 10.2 Å². The molecule has 1 fully saturated rings. The lowest BCUT2D eigenvalue weighted by Gasteiger charge is -2.34. The van der Waals surface area contributed by atoms with E-state index in [0.717, 1.165) is 38.4 Å². The molecule has 2 aromatic rings. The van der Waals surface area contributed by atoms with Crippen molar-refractivity contribution >= 4 is 11.6 Å². The van der Waals surface area contributed by atoms with E-state index in [9.17, 15) is 4.79 Å². The van der Waals surface area contributed by atoms with Gasteiger partial charge in [0.05, 0.1) is 13.2 Å². The lowest BCUT2D eigenvalue weighted by Crippen LogP contribution is -2.49. The van der Waals surface area contributed by atoms with E-state index in [2.05, 4.69) is 34.5 Å². The van der Waals surface area contributed by atoms with Crippen LogP contribution < -0.4 is 10.2 Å². The number of carbonyl (C=O) groups excluding carboxylic acids is 1. The van der Waals surface area contributed by atoms with Gasteiger partial charge in [0, 0.05) is 51.0 Å². The van der Waals surface area contributed by atoms with Crippen LogP contribution in [0.25, 0.3) is 0 Å². The number of nitrogens with zero attached hydrogens (tertiary/aromatic N) is 2. The second-order valence-electron chi connectivity index (χ2n) is 7.14. The molecule has 1 aliphatic heterocycles. The normalized spacial score (nSPS) is 15.9. The maximum atomic E-state index is 12.6. The highest BCUT2D eigenvalue weighted by Gasteiger charge is 2.22. The van der Waals surface area contributed by atoms with Crippen LogP contribution in [0.2, 0.25) is 0 Å². The minimum atomic E-state index is -0.0216. The molecule has 5 nitrogen and oxygen atoms in total. The Kier molecular flexibility index (Phi) is 6.85. The third-order valence-electron chi connectivity index (χ3n) is 5.02. The van der Waals surface area contributed by atoms with E-state index in [-0.39, 0.29) is 11.9 Å². The SMILES string of the molecule is CN(C)c1ccc(C(=O)NCC(Cc2ccccc2)N2CCOCC2)cc1. The summed E-state index contributed by atoms with van der Waals surface area (Å²) in [6.45, 7) is 3.95. The molecule has 1 unspecified atom stereocenters. The summed E-state index contributed by atoms with van der Waals surface area (Å²) in [4.78, 5) is 17.0. The number of hydrogen-bond donors (Lipinski definition) is 1. The highest BCUT2D eigenvalue weighted by atomic mass is 16.5. The Labute approximate surface area is 161 Å². The number of anilines is 1. The summed E-state index contributed by atoms with van der Waals surface area (Å²) in [6, 6.07) is 18.4. The van der Waals surface area contributed by atoms with Gasteiger partial charge in [0.2, 0.25) is 0 Å². The molecular weight excluding hydrogens is 338 g/mol. The highest BCUT2D eigenvalue weighted by molar-refractivity contribution is 5.94. The molecule has 144 valence electrons. The van der Waals surface area contributed by atoms with Crippen molar-refractivity contribution in [3.63, 3.8) is 0 Å². The zero-order valence-electron chi connectivity index (χ0n) is 16.2. The predicted octanol–water partition coefficient (Wildman–Crippen LogP) is 2.43. The van der Waals surface area contributed by atoms with Gasteiger partial charge in [-0.3, -0.25) is 9.69 Å². The number of morpholine rings is 1. The second kappa shape index (κ2) is 9.53. The van der Waals surface area contributed by atoms with Gasteiger partial charge in [-0.2, -0.15) is 0 Å². The smallest absolute Gasteiger partial charge is 0.251 e.